The number of sulfone groups is 1. The highest BCUT2D eigenvalue weighted by atomic mass is 32.2. The van der Waals surface area contributed by atoms with Gasteiger partial charge in [-0.15, -0.1) is 10.2 Å². The van der Waals surface area contributed by atoms with E-state index in [1.807, 2.05) is 6.92 Å². The lowest BCUT2D eigenvalue weighted by Gasteiger charge is -2.08. The van der Waals surface area contributed by atoms with E-state index >= 15 is 0 Å². The molecule has 0 spiro atoms. The van der Waals surface area contributed by atoms with Crippen LogP contribution in [0, 0.1) is 11.7 Å². The SMILES string of the molecule is CC(Sc1nnc(CC2CCS(=O)(=O)C2)o1)c1ccc(F)cc1. The van der Waals surface area contributed by atoms with E-state index in [0.717, 1.165) is 5.56 Å². The molecule has 1 aromatic heterocycles. The minimum atomic E-state index is -2.89. The van der Waals surface area contributed by atoms with Gasteiger partial charge >= 0.3 is 0 Å². The van der Waals surface area contributed by atoms with Gasteiger partial charge in [0.2, 0.25) is 5.89 Å². The molecule has 2 heterocycles. The van der Waals surface area contributed by atoms with E-state index in [2.05, 4.69) is 10.2 Å². The smallest absolute Gasteiger partial charge is 0.277 e. The first-order valence-electron chi connectivity index (χ1n) is 7.36. The summed E-state index contributed by atoms with van der Waals surface area (Å²) in [6.07, 6.45) is 1.15. The van der Waals surface area contributed by atoms with Crippen LogP contribution in [0.4, 0.5) is 4.39 Å². The van der Waals surface area contributed by atoms with E-state index in [9.17, 15) is 12.8 Å². The maximum atomic E-state index is 12.9. The van der Waals surface area contributed by atoms with Crippen molar-refractivity contribution in [1.29, 1.82) is 0 Å². The van der Waals surface area contributed by atoms with Crippen molar-refractivity contribution in [1.82, 2.24) is 10.2 Å². The van der Waals surface area contributed by atoms with Crippen LogP contribution in [0.3, 0.4) is 0 Å². The Balaban J connectivity index is 1.60. The van der Waals surface area contributed by atoms with E-state index in [1.54, 1.807) is 12.1 Å². The molecule has 23 heavy (non-hydrogen) atoms. The van der Waals surface area contributed by atoms with Crippen LogP contribution < -0.4 is 0 Å². The molecule has 5 nitrogen and oxygen atoms in total. The molecule has 2 aromatic rings. The molecule has 1 aromatic carbocycles. The molecule has 1 saturated heterocycles. The molecular weight excluding hydrogens is 339 g/mol. The monoisotopic (exact) mass is 356 g/mol. The fraction of sp³-hybridized carbons (Fsp3) is 0.467. The van der Waals surface area contributed by atoms with Crippen molar-refractivity contribution in [2.45, 2.75) is 30.2 Å². The zero-order chi connectivity index (χ0) is 16.4. The van der Waals surface area contributed by atoms with E-state index in [4.69, 9.17) is 4.42 Å². The quantitative estimate of drug-likeness (QED) is 0.767. The highest BCUT2D eigenvalue weighted by molar-refractivity contribution is 7.99. The van der Waals surface area contributed by atoms with Crippen LogP contribution in [-0.4, -0.2) is 30.1 Å². The Bertz CT molecular complexity index is 774. The fourth-order valence-corrected chi connectivity index (χ4v) is 5.29. The van der Waals surface area contributed by atoms with Crippen molar-refractivity contribution in [3.63, 3.8) is 0 Å². The van der Waals surface area contributed by atoms with E-state index in [1.165, 1.54) is 23.9 Å². The number of thioether (sulfide) groups is 1. The summed E-state index contributed by atoms with van der Waals surface area (Å²) in [4.78, 5) is 0. The minimum absolute atomic E-state index is 0.0516. The van der Waals surface area contributed by atoms with Gasteiger partial charge < -0.3 is 4.42 Å². The Morgan fingerprint density at radius 3 is 2.74 bits per heavy atom. The highest BCUT2D eigenvalue weighted by Gasteiger charge is 2.29. The second-order valence-corrected chi connectivity index (χ2v) is 9.27. The van der Waals surface area contributed by atoms with Gasteiger partial charge in [-0.2, -0.15) is 0 Å². The number of nitrogens with zero attached hydrogens (tertiary/aromatic N) is 2. The molecule has 0 amide bonds. The van der Waals surface area contributed by atoms with Gasteiger partial charge in [0.1, 0.15) is 5.82 Å². The lowest BCUT2D eigenvalue weighted by atomic mass is 10.1. The van der Waals surface area contributed by atoms with Crippen molar-refractivity contribution in [3.8, 4) is 0 Å². The summed E-state index contributed by atoms with van der Waals surface area (Å²) >= 11 is 1.40. The van der Waals surface area contributed by atoms with Crippen LogP contribution in [0.2, 0.25) is 0 Å². The number of rotatable bonds is 5. The lowest BCUT2D eigenvalue weighted by Crippen LogP contribution is -2.07. The Labute approximate surface area is 138 Å². The topological polar surface area (TPSA) is 73.1 Å². The summed E-state index contributed by atoms with van der Waals surface area (Å²) in [5.74, 6) is 0.713. The highest BCUT2D eigenvalue weighted by Crippen LogP contribution is 2.34. The van der Waals surface area contributed by atoms with Gasteiger partial charge in [-0.25, -0.2) is 12.8 Å². The van der Waals surface area contributed by atoms with Crippen molar-refractivity contribution in [3.05, 3.63) is 41.5 Å². The van der Waals surface area contributed by atoms with Crippen LogP contribution in [-0.2, 0) is 16.3 Å². The number of aromatic nitrogens is 2. The zero-order valence-electron chi connectivity index (χ0n) is 12.6. The molecule has 0 radical (unpaired) electrons. The van der Waals surface area contributed by atoms with Crippen LogP contribution in [0.5, 0.6) is 0 Å². The first-order chi connectivity index (χ1) is 10.9. The van der Waals surface area contributed by atoms with Crippen molar-refractivity contribution >= 4 is 21.6 Å². The Hall–Kier alpha value is -1.41. The summed E-state index contributed by atoms with van der Waals surface area (Å²) in [5.41, 5.74) is 0.970. The van der Waals surface area contributed by atoms with Gasteiger partial charge in [-0.3, -0.25) is 0 Å². The van der Waals surface area contributed by atoms with Crippen LogP contribution >= 0.6 is 11.8 Å². The lowest BCUT2D eigenvalue weighted by molar-refractivity contribution is 0.389. The molecule has 3 rings (SSSR count). The summed E-state index contributed by atoms with van der Waals surface area (Å²) in [6.45, 7) is 1.98. The van der Waals surface area contributed by atoms with Gasteiger partial charge in [0.15, 0.2) is 9.84 Å². The van der Waals surface area contributed by atoms with E-state index in [-0.39, 0.29) is 28.5 Å². The molecular formula is C15H17FN2O3S2. The first kappa shape index (κ1) is 16.4. The fourth-order valence-electron chi connectivity index (χ4n) is 2.60. The number of hydrogen-bond acceptors (Lipinski definition) is 6. The third-order valence-corrected chi connectivity index (χ3v) is 6.68. The van der Waals surface area contributed by atoms with Gasteiger partial charge in [0, 0.05) is 11.7 Å². The molecule has 0 aliphatic carbocycles. The predicted molar refractivity (Wildman–Crippen MR) is 85.4 cm³/mol. The van der Waals surface area contributed by atoms with Gasteiger partial charge in [-0.05, 0) is 37.0 Å². The summed E-state index contributed by atoms with van der Waals surface area (Å²) in [6, 6.07) is 6.31. The number of halogens is 1. The summed E-state index contributed by atoms with van der Waals surface area (Å²) in [5, 5.41) is 8.49. The van der Waals surface area contributed by atoms with Crippen LogP contribution in [0.15, 0.2) is 33.9 Å². The molecule has 1 fully saturated rings. The summed E-state index contributed by atoms with van der Waals surface area (Å²) < 4.78 is 41.5. The first-order valence-corrected chi connectivity index (χ1v) is 10.1. The predicted octanol–water partition coefficient (Wildman–Crippen LogP) is 3.04. The van der Waals surface area contributed by atoms with Crippen LogP contribution in [0.1, 0.15) is 30.0 Å². The van der Waals surface area contributed by atoms with Gasteiger partial charge in [-0.1, -0.05) is 23.9 Å². The Morgan fingerprint density at radius 1 is 1.35 bits per heavy atom. The molecule has 0 N–H and O–H groups in total. The molecule has 8 heteroatoms. The van der Waals surface area contributed by atoms with Gasteiger partial charge in [0.05, 0.1) is 11.5 Å². The molecule has 124 valence electrons. The molecule has 1 aliphatic heterocycles. The second-order valence-electron chi connectivity index (χ2n) is 5.75. The largest absolute Gasteiger partial charge is 0.416 e. The van der Waals surface area contributed by atoms with Crippen molar-refractivity contribution in [2.75, 3.05) is 11.5 Å². The number of hydrogen-bond donors (Lipinski definition) is 0. The summed E-state index contributed by atoms with van der Waals surface area (Å²) in [7, 11) is -2.89. The average Bonchev–Trinajstić information content (AvgIpc) is 3.06. The van der Waals surface area contributed by atoms with Gasteiger partial charge in [0.25, 0.3) is 5.22 Å². The normalized spacial score (nSPS) is 21.4. The molecule has 1 aliphatic rings. The minimum Gasteiger partial charge on any atom is -0.416 e. The zero-order valence-corrected chi connectivity index (χ0v) is 14.2. The molecule has 2 unspecified atom stereocenters. The maximum absolute atomic E-state index is 12.9. The molecule has 2 atom stereocenters. The van der Waals surface area contributed by atoms with E-state index in [0.29, 0.717) is 24.0 Å². The maximum Gasteiger partial charge on any atom is 0.277 e. The van der Waals surface area contributed by atoms with Crippen molar-refractivity contribution < 1.29 is 17.2 Å². The third-order valence-electron chi connectivity index (χ3n) is 3.86. The van der Waals surface area contributed by atoms with Crippen LogP contribution in [0.25, 0.3) is 0 Å². The standard InChI is InChI=1S/C15H17FN2O3S2/c1-10(12-2-4-13(16)5-3-12)22-15-18-17-14(21-15)8-11-6-7-23(19,20)9-11/h2-5,10-11H,6-9H2,1H3. The molecule has 0 bridgehead atoms. The van der Waals surface area contributed by atoms with E-state index < -0.39 is 9.84 Å². The third kappa shape index (κ3) is 4.32. The second kappa shape index (κ2) is 6.60. The Morgan fingerprint density at radius 2 is 2.09 bits per heavy atom. The Kier molecular flexibility index (Phi) is 4.72. The molecule has 0 saturated carbocycles. The number of benzene rings is 1. The average molecular weight is 356 g/mol. The van der Waals surface area contributed by atoms with Crippen molar-refractivity contribution in [2.24, 2.45) is 5.92 Å².